The molecule has 0 atom stereocenters. The van der Waals surface area contributed by atoms with E-state index >= 15 is 0 Å². The zero-order valence-corrected chi connectivity index (χ0v) is 11.6. The fourth-order valence-electron chi connectivity index (χ4n) is 1.97. The van der Waals surface area contributed by atoms with E-state index in [2.05, 4.69) is 20.4 Å². The molecule has 2 aromatic heterocycles. The fourth-order valence-corrected chi connectivity index (χ4v) is 1.97. The molecule has 0 saturated heterocycles. The Balaban J connectivity index is 2.69. The number of hydrogen-bond acceptors (Lipinski definition) is 5. The molecule has 0 radical (unpaired) electrons. The first-order valence-electron chi connectivity index (χ1n) is 5.79. The van der Waals surface area contributed by atoms with Crippen LogP contribution in [-0.2, 0) is 7.05 Å². The van der Waals surface area contributed by atoms with Gasteiger partial charge in [0.25, 0.3) is 0 Å². The molecule has 0 aliphatic heterocycles. The zero-order chi connectivity index (χ0) is 14.2. The quantitative estimate of drug-likeness (QED) is 0.914. The molecular formula is C12H16FN5O. The van der Waals surface area contributed by atoms with Crippen molar-refractivity contribution in [1.29, 1.82) is 0 Å². The highest BCUT2D eigenvalue weighted by Crippen LogP contribution is 2.31. The summed E-state index contributed by atoms with van der Waals surface area (Å²) < 4.78 is 20.7. The average Bonchev–Trinajstić information content (AvgIpc) is 2.66. The summed E-state index contributed by atoms with van der Waals surface area (Å²) in [7, 11) is 4.93. The molecule has 0 bridgehead atoms. The predicted molar refractivity (Wildman–Crippen MR) is 69.8 cm³/mol. The van der Waals surface area contributed by atoms with Gasteiger partial charge in [-0.2, -0.15) is 5.10 Å². The second-order valence-electron chi connectivity index (χ2n) is 4.14. The minimum Gasteiger partial charge on any atom is -0.481 e. The normalized spacial score (nSPS) is 10.6. The Morgan fingerprint density at radius 3 is 2.47 bits per heavy atom. The van der Waals surface area contributed by atoms with Gasteiger partial charge in [-0.15, -0.1) is 0 Å². The lowest BCUT2D eigenvalue weighted by atomic mass is 10.2. The Kier molecular flexibility index (Phi) is 3.37. The van der Waals surface area contributed by atoms with Gasteiger partial charge < -0.3 is 10.1 Å². The lowest BCUT2D eigenvalue weighted by Gasteiger charge is -2.08. The molecule has 0 unspecified atom stereocenters. The maximum atomic E-state index is 13.7. The standard InChI is InChI=1S/C12H16FN5O/c1-6-8(12(19-5)18(4)17-6)10-15-7(2)9(13)11(14-3)16-10/h1-5H3,(H,14,15,16). The molecule has 0 aliphatic carbocycles. The molecular weight excluding hydrogens is 249 g/mol. The highest BCUT2D eigenvalue weighted by molar-refractivity contribution is 5.66. The van der Waals surface area contributed by atoms with Crippen LogP contribution in [0, 0.1) is 19.7 Å². The monoisotopic (exact) mass is 265 g/mol. The van der Waals surface area contributed by atoms with Gasteiger partial charge in [0.2, 0.25) is 5.88 Å². The van der Waals surface area contributed by atoms with Crippen LogP contribution < -0.4 is 10.1 Å². The van der Waals surface area contributed by atoms with Crippen LogP contribution in [-0.4, -0.2) is 33.9 Å². The van der Waals surface area contributed by atoms with E-state index in [0.29, 0.717) is 17.3 Å². The van der Waals surface area contributed by atoms with Crippen LogP contribution in [0.5, 0.6) is 5.88 Å². The van der Waals surface area contributed by atoms with E-state index in [1.165, 1.54) is 0 Å². The maximum absolute atomic E-state index is 13.7. The zero-order valence-electron chi connectivity index (χ0n) is 11.6. The van der Waals surface area contributed by atoms with Crippen molar-refractivity contribution in [2.75, 3.05) is 19.5 Å². The Bertz CT molecular complexity index is 623. The molecule has 0 fully saturated rings. The number of aromatic nitrogens is 4. The molecule has 0 aromatic carbocycles. The minimum atomic E-state index is -0.452. The number of rotatable bonds is 3. The van der Waals surface area contributed by atoms with Crippen molar-refractivity contribution in [2.24, 2.45) is 7.05 Å². The third kappa shape index (κ3) is 2.11. The summed E-state index contributed by atoms with van der Waals surface area (Å²) in [5.41, 5.74) is 1.68. The first kappa shape index (κ1) is 13.3. The molecule has 19 heavy (non-hydrogen) atoms. The molecule has 7 heteroatoms. The topological polar surface area (TPSA) is 64.9 Å². The minimum absolute atomic E-state index is 0.160. The van der Waals surface area contributed by atoms with E-state index in [-0.39, 0.29) is 11.5 Å². The van der Waals surface area contributed by atoms with Gasteiger partial charge in [0.15, 0.2) is 17.5 Å². The number of ether oxygens (including phenoxy) is 1. The van der Waals surface area contributed by atoms with Crippen LogP contribution in [0.15, 0.2) is 0 Å². The molecule has 1 N–H and O–H groups in total. The van der Waals surface area contributed by atoms with Crippen molar-refractivity contribution < 1.29 is 9.13 Å². The van der Waals surface area contributed by atoms with Crippen molar-refractivity contribution in [1.82, 2.24) is 19.7 Å². The third-order valence-electron chi connectivity index (χ3n) is 2.84. The third-order valence-corrected chi connectivity index (χ3v) is 2.84. The Labute approximate surface area is 110 Å². The van der Waals surface area contributed by atoms with E-state index in [0.717, 1.165) is 5.69 Å². The second-order valence-corrected chi connectivity index (χ2v) is 4.14. The highest BCUT2D eigenvalue weighted by Gasteiger charge is 2.21. The van der Waals surface area contributed by atoms with Crippen molar-refractivity contribution in [2.45, 2.75) is 13.8 Å². The van der Waals surface area contributed by atoms with Gasteiger partial charge in [-0.05, 0) is 13.8 Å². The summed E-state index contributed by atoms with van der Waals surface area (Å²) >= 11 is 0. The summed E-state index contributed by atoms with van der Waals surface area (Å²) in [6.45, 7) is 3.43. The molecule has 0 saturated carbocycles. The summed E-state index contributed by atoms with van der Waals surface area (Å²) in [6.07, 6.45) is 0. The van der Waals surface area contributed by atoms with Crippen molar-refractivity contribution in [3.05, 3.63) is 17.2 Å². The van der Waals surface area contributed by atoms with Crippen molar-refractivity contribution in [3.63, 3.8) is 0 Å². The SMILES string of the molecule is CNc1nc(-c2c(C)nn(C)c2OC)nc(C)c1F. The Morgan fingerprint density at radius 1 is 1.21 bits per heavy atom. The smallest absolute Gasteiger partial charge is 0.222 e. The van der Waals surface area contributed by atoms with Crippen molar-refractivity contribution in [3.8, 4) is 17.3 Å². The lowest BCUT2D eigenvalue weighted by Crippen LogP contribution is -2.04. The summed E-state index contributed by atoms with van der Waals surface area (Å²) in [5, 5.41) is 6.98. The molecule has 102 valence electrons. The van der Waals surface area contributed by atoms with E-state index in [1.807, 2.05) is 6.92 Å². The maximum Gasteiger partial charge on any atom is 0.222 e. The number of hydrogen-bond donors (Lipinski definition) is 1. The lowest BCUT2D eigenvalue weighted by molar-refractivity contribution is 0.374. The summed E-state index contributed by atoms with van der Waals surface area (Å²) in [4.78, 5) is 8.35. The van der Waals surface area contributed by atoms with Gasteiger partial charge in [-0.3, -0.25) is 0 Å². The molecule has 0 spiro atoms. The molecule has 6 nitrogen and oxygen atoms in total. The number of halogens is 1. The number of aryl methyl sites for hydroxylation is 3. The first-order chi connectivity index (χ1) is 8.99. The molecule has 2 aromatic rings. The van der Waals surface area contributed by atoms with E-state index in [4.69, 9.17) is 4.74 Å². The van der Waals surface area contributed by atoms with E-state index < -0.39 is 5.82 Å². The van der Waals surface area contributed by atoms with Crippen LogP contribution in [0.3, 0.4) is 0 Å². The first-order valence-corrected chi connectivity index (χ1v) is 5.79. The van der Waals surface area contributed by atoms with Crippen LogP contribution in [0.25, 0.3) is 11.4 Å². The highest BCUT2D eigenvalue weighted by atomic mass is 19.1. The fraction of sp³-hybridized carbons (Fsp3) is 0.417. The Hall–Kier alpha value is -2.18. The number of nitrogens with zero attached hydrogens (tertiary/aromatic N) is 4. The van der Waals surface area contributed by atoms with Gasteiger partial charge in [0.05, 0.1) is 18.5 Å². The van der Waals surface area contributed by atoms with Crippen LogP contribution >= 0.6 is 0 Å². The van der Waals surface area contributed by atoms with E-state index in [1.54, 1.807) is 32.8 Å². The van der Waals surface area contributed by atoms with Gasteiger partial charge in [0, 0.05) is 14.1 Å². The van der Waals surface area contributed by atoms with Gasteiger partial charge >= 0.3 is 0 Å². The molecule has 0 aliphatic rings. The average molecular weight is 265 g/mol. The predicted octanol–water partition coefficient (Wildman–Crippen LogP) is 1.68. The summed E-state index contributed by atoms with van der Waals surface area (Å²) in [5.74, 6) is 0.649. The number of methoxy groups -OCH3 is 1. The molecule has 0 amide bonds. The largest absolute Gasteiger partial charge is 0.481 e. The number of anilines is 1. The van der Waals surface area contributed by atoms with Crippen LogP contribution in [0.1, 0.15) is 11.4 Å². The summed E-state index contributed by atoms with van der Waals surface area (Å²) in [6, 6.07) is 0. The molecule has 2 rings (SSSR count). The van der Waals surface area contributed by atoms with Gasteiger partial charge in [-0.25, -0.2) is 19.0 Å². The number of nitrogens with one attached hydrogen (secondary N) is 1. The second kappa shape index (κ2) is 4.83. The van der Waals surface area contributed by atoms with Gasteiger partial charge in [0.1, 0.15) is 5.56 Å². The molecule has 2 heterocycles. The van der Waals surface area contributed by atoms with Crippen LogP contribution in [0.4, 0.5) is 10.2 Å². The Morgan fingerprint density at radius 2 is 1.89 bits per heavy atom. The van der Waals surface area contributed by atoms with Gasteiger partial charge in [-0.1, -0.05) is 0 Å². The van der Waals surface area contributed by atoms with E-state index in [9.17, 15) is 4.39 Å². The van der Waals surface area contributed by atoms with Crippen LogP contribution in [0.2, 0.25) is 0 Å². The van der Waals surface area contributed by atoms with Crippen molar-refractivity contribution >= 4 is 5.82 Å².